The fraction of sp³-hybridized carbons (Fsp3) is 0.333. The standard InChI is InChI=1S/C12H12N2O3/c15-12(11-6-3-7-16-11)17-14-10-5-2-1-4-9(10)8-13-14/h1-2,4-5,8,11H,3,6-7H2/t11-/m1/s1. The molecule has 0 aliphatic carbocycles. The van der Waals surface area contributed by atoms with Crippen molar-refractivity contribution in [1.82, 2.24) is 9.94 Å². The third-order valence-electron chi connectivity index (χ3n) is 2.81. The highest BCUT2D eigenvalue weighted by atomic mass is 16.7. The van der Waals surface area contributed by atoms with Gasteiger partial charge in [-0.05, 0) is 18.9 Å². The van der Waals surface area contributed by atoms with E-state index in [1.165, 1.54) is 4.85 Å². The molecule has 3 rings (SSSR count). The van der Waals surface area contributed by atoms with Crippen LogP contribution in [0.2, 0.25) is 0 Å². The number of hydrogen-bond acceptors (Lipinski definition) is 4. The number of nitrogens with zero attached hydrogens (tertiary/aromatic N) is 2. The van der Waals surface area contributed by atoms with Crippen LogP contribution >= 0.6 is 0 Å². The predicted octanol–water partition coefficient (Wildman–Crippen LogP) is 1.17. The number of carbonyl (C=O) groups is 1. The first-order valence-electron chi connectivity index (χ1n) is 5.61. The van der Waals surface area contributed by atoms with E-state index in [9.17, 15) is 4.79 Å². The first kappa shape index (κ1) is 10.3. The molecule has 2 aromatic rings. The molecule has 1 aliphatic heterocycles. The second-order valence-corrected chi connectivity index (χ2v) is 3.99. The Morgan fingerprint density at radius 3 is 3.18 bits per heavy atom. The Labute approximate surface area is 97.9 Å². The molecule has 1 saturated heterocycles. The lowest BCUT2D eigenvalue weighted by molar-refractivity contribution is -0.155. The maximum Gasteiger partial charge on any atom is 0.363 e. The number of rotatable bonds is 2. The lowest BCUT2D eigenvalue weighted by Gasteiger charge is -2.08. The highest BCUT2D eigenvalue weighted by molar-refractivity contribution is 5.80. The van der Waals surface area contributed by atoms with Gasteiger partial charge in [0.1, 0.15) is 5.52 Å². The van der Waals surface area contributed by atoms with Crippen LogP contribution in [0.4, 0.5) is 0 Å². The van der Waals surface area contributed by atoms with Gasteiger partial charge >= 0.3 is 5.97 Å². The molecule has 0 amide bonds. The van der Waals surface area contributed by atoms with E-state index >= 15 is 0 Å². The maximum atomic E-state index is 11.7. The maximum absolute atomic E-state index is 11.7. The topological polar surface area (TPSA) is 53.4 Å². The lowest BCUT2D eigenvalue weighted by Crippen LogP contribution is -2.31. The van der Waals surface area contributed by atoms with Crippen LogP contribution in [-0.2, 0) is 9.53 Å². The van der Waals surface area contributed by atoms with Crippen molar-refractivity contribution in [3.05, 3.63) is 30.5 Å². The normalized spacial score (nSPS) is 19.6. The van der Waals surface area contributed by atoms with E-state index in [-0.39, 0.29) is 5.97 Å². The van der Waals surface area contributed by atoms with Crippen molar-refractivity contribution in [2.45, 2.75) is 18.9 Å². The van der Waals surface area contributed by atoms with E-state index in [4.69, 9.17) is 9.57 Å². The van der Waals surface area contributed by atoms with E-state index in [0.29, 0.717) is 6.61 Å². The van der Waals surface area contributed by atoms with E-state index < -0.39 is 6.10 Å². The molecule has 1 aromatic heterocycles. The van der Waals surface area contributed by atoms with Crippen molar-refractivity contribution in [3.8, 4) is 0 Å². The minimum Gasteiger partial charge on any atom is -0.366 e. The van der Waals surface area contributed by atoms with E-state index in [1.54, 1.807) is 6.20 Å². The Hall–Kier alpha value is -1.88. The fourth-order valence-electron chi connectivity index (χ4n) is 1.93. The summed E-state index contributed by atoms with van der Waals surface area (Å²) in [4.78, 5) is 18.2. The van der Waals surface area contributed by atoms with Crippen LogP contribution in [0.3, 0.4) is 0 Å². The monoisotopic (exact) mass is 232 g/mol. The minimum atomic E-state index is -0.446. The highest BCUT2D eigenvalue weighted by Gasteiger charge is 2.26. The van der Waals surface area contributed by atoms with E-state index in [2.05, 4.69) is 5.10 Å². The molecule has 0 spiro atoms. The Bertz CT molecular complexity index is 543. The van der Waals surface area contributed by atoms with Crippen molar-refractivity contribution in [2.75, 3.05) is 6.61 Å². The van der Waals surface area contributed by atoms with Crippen molar-refractivity contribution >= 4 is 16.9 Å². The molecule has 0 saturated carbocycles. The average Bonchev–Trinajstić information content (AvgIpc) is 2.98. The van der Waals surface area contributed by atoms with Gasteiger partial charge in [0.2, 0.25) is 0 Å². The first-order chi connectivity index (χ1) is 8.34. The molecule has 0 radical (unpaired) electrons. The molecule has 1 atom stereocenters. The molecule has 5 nitrogen and oxygen atoms in total. The van der Waals surface area contributed by atoms with Gasteiger partial charge in [-0.1, -0.05) is 23.0 Å². The summed E-state index contributed by atoms with van der Waals surface area (Å²) in [5.41, 5.74) is 0.777. The molecule has 1 fully saturated rings. The smallest absolute Gasteiger partial charge is 0.363 e. The van der Waals surface area contributed by atoms with Gasteiger partial charge in [-0.25, -0.2) is 4.79 Å². The van der Waals surface area contributed by atoms with Crippen LogP contribution in [0.25, 0.3) is 10.9 Å². The minimum absolute atomic E-state index is 0.378. The lowest BCUT2D eigenvalue weighted by atomic mass is 10.2. The van der Waals surface area contributed by atoms with Gasteiger partial charge < -0.3 is 9.57 Å². The van der Waals surface area contributed by atoms with Gasteiger partial charge in [0, 0.05) is 12.0 Å². The zero-order valence-corrected chi connectivity index (χ0v) is 9.20. The SMILES string of the molecule is O=C(On1ncc2ccccc21)[C@H]1CCCO1. The molecule has 5 heteroatoms. The van der Waals surface area contributed by atoms with Crippen molar-refractivity contribution in [1.29, 1.82) is 0 Å². The second-order valence-electron chi connectivity index (χ2n) is 3.99. The number of benzene rings is 1. The zero-order chi connectivity index (χ0) is 11.7. The summed E-state index contributed by atoms with van der Waals surface area (Å²) in [5, 5.41) is 4.96. The first-order valence-corrected chi connectivity index (χ1v) is 5.61. The number of aromatic nitrogens is 2. The zero-order valence-electron chi connectivity index (χ0n) is 9.20. The van der Waals surface area contributed by atoms with Crippen molar-refractivity contribution in [3.63, 3.8) is 0 Å². The van der Waals surface area contributed by atoms with E-state index in [0.717, 1.165) is 23.7 Å². The number of ether oxygens (including phenoxy) is 1. The van der Waals surface area contributed by atoms with Gasteiger partial charge in [-0.3, -0.25) is 0 Å². The fourth-order valence-corrected chi connectivity index (χ4v) is 1.93. The largest absolute Gasteiger partial charge is 0.366 e. The quantitative estimate of drug-likeness (QED) is 0.780. The average molecular weight is 232 g/mol. The van der Waals surface area contributed by atoms with Crippen LogP contribution in [-0.4, -0.2) is 28.6 Å². The molecule has 1 aliphatic rings. The Balaban J connectivity index is 1.82. The predicted molar refractivity (Wildman–Crippen MR) is 60.3 cm³/mol. The van der Waals surface area contributed by atoms with Crippen LogP contribution in [0, 0.1) is 0 Å². The van der Waals surface area contributed by atoms with Gasteiger partial charge in [0.05, 0.1) is 6.20 Å². The summed E-state index contributed by atoms with van der Waals surface area (Å²) in [5.74, 6) is -0.378. The highest BCUT2D eigenvalue weighted by Crippen LogP contribution is 2.14. The number of hydrogen-bond donors (Lipinski definition) is 0. The molecule has 2 heterocycles. The third-order valence-corrected chi connectivity index (χ3v) is 2.81. The Kier molecular flexibility index (Phi) is 2.53. The summed E-state index contributed by atoms with van der Waals surface area (Å²) in [6.07, 6.45) is 2.84. The van der Waals surface area contributed by atoms with E-state index in [1.807, 2.05) is 24.3 Å². The van der Waals surface area contributed by atoms with Gasteiger partial charge in [-0.15, -0.1) is 5.10 Å². The molecular formula is C12H12N2O3. The van der Waals surface area contributed by atoms with Crippen LogP contribution < -0.4 is 4.84 Å². The third kappa shape index (κ3) is 1.89. The number of para-hydroxylation sites is 1. The molecular weight excluding hydrogens is 220 g/mol. The molecule has 1 aromatic carbocycles. The molecule has 17 heavy (non-hydrogen) atoms. The summed E-state index contributed by atoms with van der Waals surface area (Å²) in [6, 6.07) is 7.56. The van der Waals surface area contributed by atoms with Gasteiger partial charge in [-0.2, -0.15) is 0 Å². The summed E-state index contributed by atoms with van der Waals surface area (Å²) < 4.78 is 5.26. The van der Waals surface area contributed by atoms with Gasteiger partial charge in [0.15, 0.2) is 6.10 Å². The molecule has 0 bridgehead atoms. The Morgan fingerprint density at radius 2 is 2.35 bits per heavy atom. The number of fused-ring (bicyclic) bond motifs is 1. The van der Waals surface area contributed by atoms with Gasteiger partial charge in [0.25, 0.3) is 0 Å². The number of carbonyl (C=O) groups excluding carboxylic acids is 1. The summed E-state index contributed by atoms with van der Waals surface area (Å²) in [6.45, 7) is 0.625. The molecule has 0 N–H and O–H groups in total. The second kappa shape index (κ2) is 4.18. The van der Waals surface area contributed by atoms with Crippen LogP contribution in [0.15, 0.2) is 30.5 Å². The van der Waals surface area contributed by atoms with Crippen molar-refractivity contribution in [2.24, 2.45) is 0 Å². The van der Waals surface area contributed by atoms with Crippen LogP contribution in [0.1, 0.15) is 12.8 Å². The molecule has 88 valence electrons. The van der Waals surface area contributed by atoms with Crippen LogP contribution in [0.5, 0.6) is 0 Å². The summed E-state index contributed by atoms with van der Waals surface area (Å²) >= 11 is 0. The molecule has 0 unspecified atom stereocenters. The Morgan fingerprint density at radius 1 is 1.47 bits per heavy atom. The van der Waals surface area contributed by atoms with Crippen molar-refractivity contribution < 1.29 is 14.4 Å². The summed E-state index contributed by atoms with van der Waals surface area (Å²) in [7, 11) is 0.